The Labute approximate surface area is 131 Å². The Bertz CT molecular complexity index is 623. The number of carbonyl (C=O) groups is 1. The van der Waals surface area contributed by atoms with E-state index in [0.29, 0.717) is 0 Å². The predicted octanol–water partition coefficient (Wildman–Crippen LogP) is 2.99. The maximum atomic E-state index is 11.1. The fraction of sp³-hybridized carbons (Fsp3) is 0.278. The minimum absolute atomic E-state index is 0.0678. The predicted molar refractivity (Wildman–Crippen MR) is 88.4 cm³/mol. The Morgan fingerprint density at radius 2 is 1.82 bits per heavy atom. The third kappa shape index (κ3) is 4.69. The highest BCUT2D eigenvalue weighted by atomic mass is 16.3. The molecule has 0 spiro atoms. The van der Waals surface area contributed by atoms with Crippen molar-refractivity contribution in [2.75, 3.05) is 5.32 Å². The number of nitrogens with one attached hydrogen (secondary N) is 2. The van der Waals surface area contributed by atoms with Gasteiger partial charge in [-0.3, -0.25) is 4.79 Å². The first kappa shape index (κ1) is 16.2. The zero-order chi connectivity index (χ0) is 15.9. The summed E-state index contributed by atoms with van der Waals surface area (Å²) >= 11 is 0. The summed E-state index contributed by atoms with van der Waals surface area (Å²) in [5.74, 6) is -0.0678. The molecule has 3 N–H and O–H groups in total. The quantitative estimate of drug-likeness (QED) is 0.768. The minimum Gasteiger partial charge on any atom is -0.392 e. The maximum Gasteiger partial charge on any atom is 0.221 e. The first-order valence-electron chi connectivity index (χ1n) is 7.38. The number of amides is 1. The molecule has 0 bridgehead atoms. The molecule has 4 nitrogen and oxygen atoms in total. The zero-order valence-corrected chi connectivity index (χ0v) is 13.0. The van der Waals surface area contributed by atoms with Gasteiger partial charge in [-0.2, -0.15) is 0 Å². The second-order valence-corrected chi connectivity index (χ2v) is 5.38. The first-order chi connectivity index (χ1) is 10.6. The highest BCUT2D eigenvalue weighted by Gasteiger charge is 2.06. The number of anilines is 1. The van der Waals surface area contributed by atoms with Gasteiger partial charge in [0.15, 0.2) is 0 Å². The van der Waals surface area contributed by atoms with E-state index in [1.54, 1.807) is 0 Å². The van der Waals surface area contributed by atoms with Gasteiger partial charge < -0.3 is 15.7 Å². The molecule has 2 rings (SSSR count). The first-order valence-corrected chi connectivity index (χ1v) is 7.38. The molecule has 22 heavy (non-hydrogen) atoms. The largest absolute Gasteiger partial charge is 0.392 e. The summed E-state index contributed by atoms with van der Waals surface area (Å²) in [6, 6.07) is 15.9. The summed E-state index contributed by atoms with van der Waals surface area (Å²) in [6.45, 7) is 4.41. The van der Waals surface area contributed by atoms with E-state index in [2.05, 4.69) is 17.6 Å². The van der Waals surface area contributed by atoms with Crippen LogP contribution in [0.5, 0.6) is 0 Å². The van der Waals surface area contributed by atoms with Crippen LogP contribution in [0.25, 0.3) is 0 Å². The van der Waals surface area contributed by atoms with Crippen LogP contribution in [0.1, 0.15) is 36.6 Å². The van der Waals surface area contributed by atoms with Crippen molar-refractivity contribution in [3.63, 3.8) is 0 Å². The highest BCUT2D eigenvalue weighted by molar-refractivity contribution is 5.88. The number of aliphatic hydroxyl groups is 1. The van der Waals surface area contributed by atoms with Crippen LogP contribution in [0.4, 0.5) is 5.69 Å². The summed E-state index contributed by atoms with van der Waals surface area (Å²) in [4.78, 5) is 11.1. The molecule has 116 valence electrons. The van der Waals surface area contributed by atoms with Gasteiger partial charge in [0.2, 0.25) is 5.91 Å². The van der Waals surface area contributed by atoms with Crippen LogP contribution in [0.2, 0.25) is 0 Å². The van der Waals surface area contributed by atoms with E-state index in [-0.39, 0.29) is 18.6 Å². The molecule has 0 aliphatic heterocycles. The van der Waals surface area contributed by atoms with Crippen molar-refractivity contribution in [3.05, 3.63) is 65.2 Å². The molecule has 0 fully saturated rings. The summed E-state index contributed by atoms with van der Waals surface area (Å²) in [5.41, 5.74) is 4.02. The van der Waals surface area contributed by atoms with Gasteiger partial charge >= 0.3 is 0 Å². The smallest absolute Gasteiger partial charge is 0.221 e. The summed E-state index contributed by atoms with van der Waals surface area (Å²) < 4.78 is 0. The number of rotatable bonds is 6. The molecule has 1 unspecified atom stereocenters. The molecule has 0 aromatic heterocycles. The lowest BCUT2D eigenvalue weighted by Gasteiger charge is -2.15. The Balaban J connectivity index is 1.96. The third-order valence-electron chi connectivity index (χ3n) is 3.52. The topological polar surface area (TPSA) is 61.4 Å². The molecule has 2 aromatic rings. The number of carbonyl (C=O) groups excluding carboxylic acids is 1. The number of hydrogen-bond donors (Lipinski definition) is 3. The van der Waals surface area contributed by atoms with Crippen LogP contribution in [-0.2, 0) is 17.9 Å². The van der Waals surface area contributed by atoms with Crippen molar-refractivity contribution in [3.8, 4) is 0 Å². The van der Waals surface area contributed by atoms with Crippen molar-refractivity contribution in [1.82, 2.24) is 5.32 Å². The Morgan fingerprint density at radius 1 is 1.14 bits per heavy atom. The second kappa shape index (κ2) is 7.73. The van der Waals surface area contributed by atoms with Crippen molar-refractivity contribution >= 4 is 11.6 Å². The molecule has 0 saturated carbocycles. The fourth-order valence-electron chi connectivity index (χ4n) is 2.24. The van der Waals surface area contributed by atoms with Gasteiger partial charge in [-0.15, -0.1) is 0 Å². The molecule has 2 aromatic carbocycles. The Morgan fingerprint density at radius 3 is 2.45 bits per heavy atom. The summed E-state index contributed by atoms with van der Waals surface area (Å²) in [7, 11) is 0. The van der Waals surface area contributed by atoms with E-state index in [4.69, 9.17) is 5.11 Å². The lowest BCUT2D eigenvalue weighted by molar-refractivity contribution is -0.114. The molecule has 0 heterocycles. The summed E-state index contributed by atoms with van der Waals surface area (Å²) in [6.07, 6.45) is 0. The fourth-order valence-corrected chi connectivity index (χ4v) is 2.24. The van der Waals surface area contributed by atoms with E-state index in [1.165, 1.54) is 12.5 Å². The Kier molecular flexibility index (Phi) is 5.69. The van der Waals surface area contributed by atoms with Gasteiger partial charge in [-0.25, -0.2) is 0 Å². The Hall–Kier alpha value is -2.17. The van der Waals surface area contributed by atoms with Crippen LogP contribution >= 0.6 is 0 Å². The van der Waals surface area contributed by atoms with Crippen LogP contribution in [0.3, 0.4) is 0 Å². The van der Waals surface area contributed by atoms with Crippen molar-refractivity contribution < 1.29 is 9.90 Å². The molecule has 0 aliphatic rings. The van der Waals surface area contributed by atoms with Crippen LogP contribution in [-0.4, -0.2) is 11.0 Å². The third-order valence-corrected chi connectivity index (χ3v) is 3.52. The molecular formula is C18H22N2O2. The van der Waals surface area contributed by atoms with Crippen LogP contribution < -0.4 is 10.6 Å². The molecule has 0 saturated heterocycles. The van der Waals surface area contributed by atoms with Crippen molar-refractivity contribution in [1.29, 1.82) is 0 Å². The molecule has 1 atom stereocenters. The standard InChI is InChI=1S/C18H22N2O2/c1-13(17-4-3-5-18(10-17)20-14(2)22)19-11-15-6-8-16(12-21)9-7-15/h3-10,13,19,21H,11-12H2,1-2H3,(H,20,22). The van der Waals surface area contributed by atoms with Gasteiger partial charge in [0, 0.05) is 25.2 Å². The zero-order valence-electron chi connectivity index (χ0n) is 13.0. The van der Waals surface area contributed by atoms with Crippen LogP contribution in [0.15, 0.2) is 48.5 Å². The van der Waals surface area contributed by atoms with Gasteiger partial charge in [0.05, 0.1) is 6.61 Å². The van der Waals surface area contributed by atoms with Gasteiger partial charge in [-0.1, -0.05) is 36.4 Å². The van der Waals surface area contributed by atoms with E-state index >= 15 is 0 Å². The summed E-state index contributed by atoms with van der Waals surface area (Å²) in [5, 5.41) is 15.3. The van der Waals surface area contributed by atoms with E-state index in [1.807, 2.05) is 48.5 Å². The van der Waals surface area contributed by atoms with E-state index in [9.17, 15) is 4.79 Å². The maximum absolute atomic E-state index is 11.1. The average Bonchev–Trinajstić information content (AvgIpc) is 2.52. The number of aliphatic hydroxyl groups excluding tert-OH is 1. The molecule has 0 aliphatic carbocycles. The number of hydrogen-bond acceptors (Lipinski definition) is 3. The number of benzene rings is 2. The second-order valence-electron chi connectivity index (χ2n) is 5.38. The highest BCUT2D eigenvalue weighted by Crippen LogP contribution is 2.18. The monoisotopic (exact) mass is 298 g/mol. The van der Waals surface area contributed by atoms with Gasteiger partial charge in [-0.05, 0) is 35.7 Å². The molecule has 1 amide bonds. The van der Waals surface area contributed by atoms with Gasteiger partial charge in [0.25, 0.3) is 0 Å². The minimum atomic E-state index is -0.0678. The van der Waals surface area contributed by atoms with Gasteiger partial charge in [0.1, 0.15) is 0 Å². The van der Waals surface area contributed by atoms with Crippen LogP contribution in [0, 0.1) is 0 Å². The van der Waals surface area contributed by atoms with E-state index in [0.717, 1.165) is 23.4 Å². The van der Waals surface area contributed by atoms with Crippen molar-refractivity contribution in [2.24, 2.45) is 0 Å². The average molecular weight is 298 g/mol. The van der Waals surface area contributed by atoms with E-state index < -0.39 is 0 Å². The van der Waals surface area contributed by atoms with Crippen molar-refractivity contribution in [2.45, 2.75) is 33.0 Å². The lowest BCUT2D eigenvalue weighted by Crippen LogP contribution is -2.18. The SMILES string of the molecule is CC(=O)Nc1cccc(C(C)NCc2ccc(CO)cc2)c1. The molecule has 0 radical (unpaired) electrons. The molecule has 4 heteroatoms. The lowest BCUT2D eigenvalue weighted by atomic mass is 10.1. The normalized spacial score (nSPS) is 12.0. The molecular weight excluding hydrogens is 276 g/mol.